The molecule has 2 heterocycles. The standard InChI is InChI=1S/C18H18FN3O2/c19-16-6-4-13(5-7-16)9-22-10-17(8-20-22)23-11-15-12-24-21-18(15)14-2-1-3-14/h4-8,10,12,14H,1-3,9,11H2. The van der Waals surface area contributed by atoms with Gasteiger partial charge in [-0.15, -0.1) is 0 Å². The van der Waals surface area contributed by atoms with Crippen LogP contribution in [0.4, 0.5) is 4.39 Å². The molecule has 0 atom stereocenters. The predicted molar refractivity (Wildman–Crippen MR) is 85.2 cm³/mol. The largest absolute Gasteiger partial charge is 0.485 e. The molecular formula is C18H18FN3O2. The van der Waals surface area contributed by atoms with Crippen LogP contribution in [0.2, 0.25) is 0 Å². The third-order valence-electron chi connectivity index (χ3n) is 4.43. The highest BCUT2D eigenvalue weighted by molar-refractivity contribution is 5.22. The van der Waals surface area contributed by atoms with Crippen LogP contribution in [0.25, 0.3) is 0 Å². The number of ether oxygens (including phenoxy) is 1. The molecule has 124 valence electrons. The Labute approximate surface area is 139 Å². The van der Waals surface area contributed by atoms with Crippen molar-refractivity contribution in [3.63, 3.8) is 0 Å². The summed E-state index contributed by atoms with van der Waals surface area (Å²) in [5, 5.41) is 8.39. The molecule has 1 aliphatic rings. The molecule has 1 saturated carbocycles. The van der Waals surface area contributed by atoms with E-state index < -0.39 is 0 Å². The van der Waals surface area contributed by atoms with E-state index in [0.29, 0.717) is 24.8 Å². The average molecular weight is 327 g/mol. The lowest BCUT2D eigenvalue weighted by Crippen LogP contribution is -2.12. The van der Waals surface area contributed by atoms with Gasteiger partial charge in [0.1, 0.15) is 18.7 Å². The van der Waals surface area contributed by atoms with Crippen molar-refractivity contribution in [3.8, 4) is 5.75 Å². The van der Waals surface area contributed by atoms with E-state index >= 15 is 0 Å². The van der Waals surface area contributed by atoms with Crippen molar-refractivity contribution in [2.24, 2.45) is 0 Å². The van der Waals surface area contributed by atoms with E-state index in [-0.39, 0.29) is 5.82 Å². The lowest BCUT2D eigenvalue weighted by atomic mass is 9.82. The van der Waals surface area contributed by atoms with Crippen LogP contribution in [0.3, 0.4) is 0 Å². The zero-order valence-corrected chi connectivity index (χ0v) is 13.2. The first-order chi connectivity index (χ1) is 11.8. The van der Waals surface area contributed by atoms with Crippen molar-refractivity contribution in [2.75, 3.05) is 0 Å². The summed E-state index contributed by atoms with van der Waals surface area (Å²) in [5.74, 6) is 0.973. The van der Waals surface area contributed by atoms with Gasteiger partial charge >= 0.3 is 0 Å². The highest BCUT2D eigenvalue weighted by Crippen LogP contribution is 2.37. The van der Waals surface area contributed by atoms with Crippen LogP contribution in [0, 0.1) is 5.82 Å². The molecule has 2 aromatic heterocycles. The molecule has 5 nitrogen and oxygen atoms in total. The molecule has 0 bridgehead atoms. The molecule has 4 rings (SSSR count). The number of hydrogen-bond donors (Lipinski definition) is 0. The SMILES string of the molecule is Fc1ccc(Cn2cc(OCc3conc3C3CCC3)cn2)cc1. The Morgan fingerprint density at radius 3 is 2.83 bits per heavy atom. The summed E-state index contributed by atoms with van der Waals surface area (Å²) >= 11 is 0. The number of nitrogens with zero attached hydrogens (tertiary/aromatic N) is 3. The van der Waals surface area contributed by atoms with Crippen molar-refractivity contribution in [3.05, 3.63) is 65.6 Å². The van der Waals surface area contributed by atoms with Gasteiger partial charge in [0.05, 0.1) is 30.2 Å². The second-order valence-electron chi connectivity index (χ2n) is 6.14. The molecule has 1 aromatic carbocycles. The molecule has 1 fully saturated rings. The van der Waals surface area contributed by atoms with Gasteiger partial charge < -0.3 is 9.26 Å². The Bertz CT molecular complexity index is 806. The molecule has 3 aromatic rings. The summed E-state index contributed by atoms with van der Waals surface area (Å²) in [6.45, 7) is 1.00. The Morgan fingerprint density at radius 1 is 1.25 bits per heavy atom. The number of aromatic nitrogens is 3. The fraction of sp³-hybridized carbons (Fsp3) is 0.333. The van der Waals surface area contributed by atoms with Gasteiger partial charge in [-0.05, 0) is 30.5 Å². The van der Waals surface area contributed by atoms with Gasteiger partial charge in [-0.1, -0.05) is 23.7 Å². The number of rotatable bonds is 6. The molecule has 24 heavy (non-hydrogen) atoms. The van der Waals surface area contributed by atoms with Crippen LogP contribution in [-0.2, 0) is 13.2 Å². The molecule has 0 saturated heterocycles. The number of benzene rings is 1. The molecule has 1 aliphatic carbocycles. The maximum absolute atomic E-state index is 12.9. The molecular weight excluding hydrogens is 309 g/mol. The van der Waals surface area contributed by atoms with Gasteiger partial charge in [0.25, 0.3) is 0 Å². The fourth-order valence-electron chi connectivity index (χ4n) is 2.84. The maximum Gasteiger partial charge on any atom is 0.157 e. The third-order valence-corrected chi connectivity index (χ3v) is 4.43. The van der Waals surface area contributed by atoms with Gasteiger partial charge in [0.15, 0.2) is 5.75 Å². The van der Waals surface area contributed by atoms with E-state index in [0.717, 1.165) is 16.8 Å². The minimum absolute atomic E-state index is 0.237. The van der Waals surface area contributed by atoms with Crippen LogP contribution >= 0.6 is 0 Å². The van der Waals surface area contributed by atoms with Crippen molar-refractivity contribution in [1.82, 2.24) is 14.9 Å². The third kappa shape index (κ3) is 3.18. The van der Waals surface area contributed by atoms with E-state index in [1.165, 1.54) is 31.4 Å². The van der Waals surface area contributed by atoms with Crippen molar-refractivity contribution >= 4 is 0 Å². The smallest absolute Gasteiger partial charge is 0.157 e. The summed E-state index contributed by atoms with van der Waals surface area (Å²) in [6.07, 6.45) is 8.79. The van der Waals surface area contributed by atoms with E-state index in [4.69, 9.17) is 9.26 Å². The lowest BCUT2D eigenvalue weighted by Gasteiger charge is -2.23. The summed E-state index contributed by atoms with van der Waals surface area (Å²) < 4.78 is 25.6. The zero-order valence-electron chi connectivity index (χ0n) is 13.2. The predicted octanol–water partition coefficient (Wildman–Crippen LogP) is 3.91. The molecule has 0 spiro atoms. The maximum atomic E-state index is 12.9. The Hall–Kier alpha value is -2.63. The second-order valence-corrected chi connectivity index (χ2v) is 6.14. The van der Waals surface area contributed by atoms with Gasteiger partial charge in [-0.2, -0.15) is 5.10 Å². The van der Waals surface area contributed by atoms with Gasteiger partial charge in [0, 0.05) is 5.92 Å². The van der Waals surface area contributed by atoms with Crippen LogP contribution in [0.1, 0.15) is 42.0 Å². The molecule has 0 unspecified atom stereocenters. The van der Waals surface area contributed by atoms with Gasteiger partial charge in [-0.25, -0.2) is 4.39 Å². The molecule has 0 amide bonds. The molecule has 6 heteroatoms. The van der Waals surface area contributed by atoms with Gasteiger partial charge in [-0.3, -0.25) is 4.68 Å². The van der Waals surface area contributed by atoms with E-state index in [1.54, 1.807) is 29.3 Å². The Balaban J connectivity index is 1.37. The highest BCUT2D eigenvalue weighted by Gasteiger charge is 2.25. The van der Waals surface area contributed by atoms with Crippen LogP contribution in [0.5, 0.6) is 5.75 Å². The van der Waals surface area contributed by atoms with Crippen molar-refractivity contribution in [1.29, 1.82) is 0 Å². The minimum Gasteiger partial charge on any atom is -0.485 e. The first-order valence-corrected chi connectivity index (χ1v) is 8.11. The number of halogens is 1. The van der Waals surface area contributed by atoms with Crippen LogP contribution in [0.15, 0.2) is 47.4 Å². The normalized spacial score (nSPS) is 14.5. The first kappa shape index (κ1) is 14.9. The van der Waals surface area contributed by atoms with Crippen molar-refractivity contribution in [2.45, 2.75) is 38.3 Å². The van der Waals surface area contributed by atoms with Crippen LogP contribution < -0.4 is 4.74 Å². The monoisotopic (exact) mass is 327 g/mol. The highest BCUT2D eigenvalue weighted by atomic mass is 19.1. The average Bonchev–Trinajstić information content (AvgIpc) is 3.16. The Morgan fingerprint density at radius 2 is 2.08 bits per heavy atom. The number of hydrogen-bond acceptors (Lipinski definition) is 4. The fourth-order valence-corrected chi connectivity index (χ4v) is 2.84. The summed E-state index contributed by atoms with van der Waals surface area (Å²) in [5.41, 5.74) is 3.02. The van der Waals surface area contributed by atoms with Gasteiger partial charge in [0.2, 0.25) is 0 Å². The second kappa shape index (κ2) is 6.47. The molecule has 0 aliphatic heterocycles. The molecule has 0 N–H and O–H groups in total. The summed E-state index contributed by atoms with van der Waals surface area (Å²) in [4.78, 5) is 0. The zero-order chi connectivity index (χ0) is 16.4. The minimum atomic E-state index is -0.237. The van der Waals surface area contributed by atoms with Crippen LogP contribution in [-0.4, -0.2) is 14.9 Å². The molecule has 0 radical (unpaired) electrons. The first-order valence-electron chi connectivity index (χ1n) is 8.11. The van der Waals surface area contributed by atoms with E-state index in [9.17, 15) is 4.39 Å². The quantitative estimate of drug-likeness (QED) is 0.689. The Kier molecular flexibility index (Phi) is 4.02. The topological polar surface area (TPSA) is 53.1 Å². The summed E-state index contributed by atoms with van der Waals surface area (Å²) in [7, 11) is 0. The van der Waals surface area contributed by atoms with E-state index in [1.807, 2.05) is 6.20 Å². The summed E-state index contributed by atoms with van der Waals surface area (Å²) in [6, 6.07) is 6.40. The lowest BCUT2D eigenvalue weighted by molar-refractivity contribution is 0.300. The van der Waals surface area contributed by atoms with E-state index in [2.05, 4.69) is 10.3 Å². The van der Waals surface area contributed by atoms with Crippen molar-refractivity contribution < 1.29 is 13.7 Å².